The molecule has 0 aliphatic heterocycles. The molecule has 32 heavy (non-hydrogen) atoms. The molecule has 3 rings (SSSR count). The summed E-state index contributed by atoms with van der Waals surface area (Å²) in [7, 11) is 0. The number of esters is 2. The molecule has 2 atom stereocenters. The second-order valence-corrected chi connectivity index (χ2v) is 9.29. The van der Waals surface area contributed by atoms with E-state index in [-0.39, 0.29) is 17.2 Å². The fraction of sp³-hybridized carbons (Fsp3) is 0.435. The Morgan fingerprint density at radius 1 is 1.34 bits per heavy atom. The Morgan fingerprint density at radius 3 is 2.78 bits per heavy atom. The molecular formula is C23H25ClFNO5S. The Hall–Kier alpha value is -2.45. The largest absolute Gasteiger partial charge is 0.462 e. The van der Waals surface area contributed by atoms with E-state index < -0.39 is 36.2 Å². The molecule has 2 aromatic rings. The number of carbonyl (C=O) groups is 3. The molecule has 9 heteroatoms. The van der Waals surface area contributed by atoms with Crippen molar-refractivity contribution in [3.63, 3.8) is 0 Å². The van der Waals surface area contributed by atoms with E-state index in [1.54, 1.807) is 6.92 Å². The Balaban J connectivity index is 1.72. The molecule has 1 heterocycles. The molecule has 1 amide bonds. The smallest absolute Gasteiger partial charge is 0.341 e. The van der Waals surface area contributed by atoms with Crippen LogP contribution in [-0.2, 0) is 38.3 Å². The van der Waals surface area contributed by atoms with Crippen LogP contribution in [0.25, 0.3) is 0 Å². The minimum Gasteiger partial charge on any atom is -0.462 e. The first-order valence-corrected chi connectivity index (χ1v) is 11.7. The number of benzene rings is 1. The zero-order chi connectivity index (χ0) is 23.4. The molecule has 1 aliphatic carbocycles. The Kier molecular flexibility index (Phi) is 7.90. The zero-order valence-corrected chi connectivity index (χ0v) is 19.7. The molecule has 0 unspecified atom stereocenters. The summed E-state index contributed by atoms with van der Waals surface area (Å²) >= 11 is 7.29. The second-order valence-electron chi connectivity index (χ2n) is 7.77. The summed E-state index contributed by atoms with van der Waals surface area (Å²) in [5, 5.41) is 3.22. The number of thiophene rings is 1. The van der Waals surface area contributed by atoms with Crippen molar-refractivity contribution in [1.29, 1.82) is 0 Å². The Bertz CT molecular complexity index is 1020. The molecule has 172 valence electrons. The van der Waals surface area contributed by atoms with Crippen LogP contribution in [0.4, 0.5) is 9.39 Å². The number of ether oxygens (including phenoxy) is 2. The van der Waals surface area contributed by atoms with Gasteiger partial charge in [-0.05, 0) is 56.7 Å². The highest BCUT2D eigenvalue weighted by atomic mass is 35.5. The third-order valence-electron chi connectivity index (χ3n) is 5.29. The number of anilines is 1. The number of amides is 1. The maximum absolute atomic E-state index is 13.9. The average molecular weight is 482 g/mol. The number of fused-ring (bicyclic) bond motifs is 1. The van der Waals surface area contributed by atoms with Gasteiger partial charge < -0.3 is 14.8 Å². The van der Waals surface area contributed by atoms with E-state index in [1.165, 1.54) is 36.5 Å². The van der Waals surface area contributed by atoms with Crippen LogP contribution in [0.3, 0.4) is 0 Å². The summed E-state index contributed by atoms with van der Waals surface area (Å²) < 4.78 is 24.3. The highest BCUT2D eigenvalue weighted by molar-refractivity contribution is 7.17. The summed E-state index contributed by atoms with van der Waals surface area (Å²) in [4.78, 5) is 38.6. The summed E-state index contributed by atoms with van der Waals surface area (Å²) in [5.41, 5.74) is 1.31. The van der Waals surface area contributed by atoms with Gasteiger partial charge in [-0.1, -0.05) is 24.6 Å². The summed E-state index contributed by atoms with van der Waals surface area (Å²) in [6.45, 7) is 5.50. The summed E-state index contributed by atoms with van der Waals surface area (Å²) in [5.74, 6) is -1.98. The van der Waals surface area contributed by atoms with E-state index in [9.17, 15) is 18.8 Å². The van der Waals surface area contributed by atoms with Crippen molar-refractivity contribution in [1.82, 2.24) is 0 Å². The topological polar surface area (TPSA) is 81.7 Å². The standard InChI is InChI=1S/C23H25ClFNO5S/c1-4-30-23(29)20-14-9-8-12(2)10-18(14)32-22(20)26-21(28)13(3)31-19(27)11-15-16(24)6-5-7-17(15)25/h5-7,12-13H,4,8-11H2,1-3H3,(H,26,28)/t12-,13+/m0/s1. The molecule has 1 aromatic heterocycles. The van der Waals surface area contributed by atoms with Gasteiger partial charge in [0, 0.05) is 15.5 Å². The van der Waals surface area contributed by atoms with Gasteiger partial charge in [0.25, 0.3) is 5.91 Å². The van der Waals surface area contributed by atoms with Gasteiger partial charge in [0.15, 0.2) is 6.10 Å². The first-order chi connectivity index (χ1) is 15.2. The van der Waals surface area contributed by atoms with Crippen molar-refractivity contribution < 1.29 is 28.2 Å². The van der Waals surface area contributed by atoms with Crippen LogP contribution >= 0.6 is 22.9 Å². The van der Waals surface area contributed by atoms with E-state index >= 15 is 0 Å². The summed E-state index contributed by atoms with van der Waals surface area (Å²) in [6.07, 6.45) is 0.973. The number of rotatable bonds is 7. The van der Waals surface area contributed by atoms with Crippen molar-refractivity contribution >= 4 is 45.8 Å². The van der Waals surface area contributed by atoms with Gasteiger partial charge in [-0.3, -0.25) is 9.59 Å². The maximum Gasteiger partial charge on any atom is 0.341 e. The van der Waals surface area contributed by atoms with Crippen LogP contribution in [-0.4, -0.2) is 30.6 Å². The molecule has 0 radical (unpaired) electrons. The predicted molar refractivity (Wildman–Crippen MR) is 121 cm³/mol. The van der Waals surface area contributed by atoms with Crippen LogP contribution in [0.5, 0.6) is 0 Å². The SMILES string of the molecule is CCOC(=O)c1c(NC(=O)[C@@H](C)OC(=O)Cc2c(F)cccc2Cl)sc2c1CC[C@H](C)C2. The lowest BCUT2D eigenvalue weighted by atomic mass is 9.88. The lowest BCUT2D eigenvalue weighted by Gasteiger charge is -2.18. The van der Waals surface area contributed by atoms with Gasteiger partial charge in [0.05, 0.1) is 18.6 Å². The van der Waals surface area contributed by atoms with Crippen molar-refractivity contribution in [2.75, 3.05) is 11.9 Å². The molecule has 0 fully saturated rings. The molecule has 0 saturated heterocycles. The van der Waals surface area contributed by atoms with Gasteiger partial charge in [0.1, 0.15) is 10.8 Å². The van der Waals surface area contributed by atoms with E-state index in [2.05, 4.69) is 12.2 Å². The van der Waals surface area contributed by atoms with Crippen LogP contribution in [0, 0.1) is 11.7 Å². The summed E-state index contributed by atoms with van der Waals surface area (Å²) in [6, 6.07) is 4.10. The lowest BCUT2D eigenvalue weighted by molar-refractivity contribution is -0.152. The van der Waals surface area contributed by atoms with Crippen molar-refractivity contribution in [2.45, 2.75) is 52.6 Å². The number of halogens is 2. The molecular weight excluding hydrogens is 457 g/mol. The Labute approximate surface area is 195 Å². The Morgan fingerprint density at radius 2 is 2.09 bits per heavy atom. The van der Waals surface area contributed by atoms with Crippen LogP contribution in [0.2, 0.25) is 5.02 Å². The minimum absolute atomic E-state index is 0.0106. The zero-order valence-electron chi connectivity index (χ0n) is 18.1. The number of hydrogen-bond acceptors (Lipinski definition) is 6. The van der Waals surface area contributed by atoms with Crippen LogP contribution in [0.1, 0.15) is 53.6 Å². The van der Waals surface area contributed by atoms with Gasteiger partial charge in [-0.2, -0.15) is 0 Å². The normalized spacial score (nSPS) is 16.1. The highest BCUT2D eigenvalue weighted by Gasteiger charge is 2.30. The third-order valence-corrected chi connectivity index (χ3v) is 6.81. The second kappa shape index (κ2) is 10.4. The molecule has 0 saturated carbocycles. The van der Waals surface area contributed by atoms with Crippen molar-refractivity contribution in [3.8, 4) is 0 Å². The fourth-order valence-corrected chi connectivity index (χ4v) is 5.24. The molecule has 6 nitrogen and oxygen atoms in total. The first-order valence-electron chi connectivity index (χ1n) is 10.5. The molecule has 0 bridgehead atoms. The quantitative estimate of drug-likeness (QED) is 0.565. The van der Waals surface area contributed by atoms with Crippen molar-refractivity contribution in [3.05, 3.63) is 50.6 Å². The average Bonchev–Trinajstić information content (AvgIpc) is 3.07. The van der Waals surface area contributed by atoms with Gasteiger partial charge in [-0.15, -0.1) is 11.3 Å². The van der Waals surface area contributed by atoms with Gasteiger partial charge in [-0.25, -0.2) is 9.18 Å². The van der Waals surface area contributed by atoms with Crippen molar-refractivity contribution in [2.24, 2.45) is 5.92 Å². The molecule has 1 N–H and O–H groups in total. The third kappa shape index (κ3) is 5.48. The van der Waals surface area contributed by atoms with E-state index in [1.807, 2.05) is 0 Å². The fourth-order valence-electron chi connectivity index (χ4n) is 3.61. The number of carbonyl (C=O) groups excluding carboxylic acids is 3. The van der Waals surface area contributed by atoms with Crippen LogP contribution < -0.4 is 5.32 Å². The number of nitrogens with one attached hydrogen (secondary N) is 1. The van der Waals surface area contributed by atoms with Gasteiger partial charge >= 0.3 is 11.9 Å². The maximum atomic E-state index is 13.9. The molecule has 1 aromatic carbocycles. The first kappa shape index (κ1) is 24.2. The number of hydrogen-bond donors (Lipinski definition) is 1. The molecule has 1 aliphatic rings. The van der Waals surface area contributed by atoms with Gasteiger partial charge in [0.2, 0.25) is 0 Å². The lowest BCUT2D eigenvalue weighted by Crippen LogP contribution is -2.31. The predicted octanol–water partition coefficient (Wildman–Crippen LogP) is 4.96. The monoisotopic (exact) mass is 481 g/mol. The minimum atomic E-state index is -1.15. The van der Waals surface area contributed by atoms with E-state index in [0.717, 1.165) is 29.7 Å². The van der Waals surface area contributed by atoms with E-state index in [4.69, 9.17) is 21.1 Å². The molecule has 0 spiro atoms. The van der Waals surface area contributed by atoms with Crippen LogP contribution in [0.15, 0.2) is 18.2 Å². The highest BCUT2D eigenvalue weighted by Crippen LogP contribution is 2.40. The van der Waals surface area contributed by atoms with E-state index in [0.29, 0.717) is 16.5 Å².